The van der Waals surface area contributed by atoms with Gasteiger partial charge in [0.15, 0.2) is 0 Å². The van der Waals surface area contributed by atoms with Crippen LogP contribution in [-0.2, 0) is 14.3 Å². The molecule has 2 saturated carbocycles. The minimum atomic E-state index is -0.343. The molecule has 0 spiro atoms. The van der Waals surface area contributed by atoms with Crippen molar-refractivity contribution in [3.05, 3.63) is 65.0 Å². The van der Waals surface area contributed by atoms with E-state index < -0.39 is 0 Å². The van der Waals surface area contributed by atoms with Crippen LogP contribution >= 0.6 is 0 Å². The lowest BCUT2D eigenvalue weighted by molar-refractivity contribution is -0.140. The second-order valence-electron chi connectivity index (χ2n) is 9.82. The minimum Gasteiger partial charge on any atom is -0.462 e. The molecule has 4 aliphatic carbocycles. The van der Waals surface area contributed by atoms with E-state index in [1.165, 1.54) is 0 Å². The molecule has 2 amide bonds. The topological polar surface area (TPSA) is 81.0 Å². The number of esters is 1. The Balaban J connectivity index is 1.25. The van der Waals surface area contributed by atoms with Crippen molar-refractivity contribution in [3.8, 4) is 5.69 Å². The van der Waals surface area contributed by atoms with Gasteiger partial charge in [-0.3, -0.25) is 9.59 Å². The molecule has 3 fully saturated rings. The number of amides is 2. The molecule has 2 heterocycles. The molecule has 7 rings (SSSR count). The first-order valence-electron chi connectivity index (χ1n) is 12.0. The minimum absolute atomic E-state index is 0.153. The van der Waals surface area contributed by atoms with Gasteiger partial charge in [0.1, 0.15) is 0 Å². The summed E-state index contributed by atoms with van der Waals surface area (Å²) < 4.78 is 7.11. The molecule has 1 aromatic heterocycles. The van der Waals surface area contributed by atoms with E-state index in [2.05, 4.69) is 21.8 Å². The molecule has 34 heavy (non-hydrogen) atoms. The summed E-state index contributed by atoms with van der Waals surface area (Å²) >= 11 is 0. The van der Waals surface area contributed by atoms with Crippen LogP contribution in [0.5, 0.6) is 0 Å². The third kappa shape index (κ3) is 2.95. The van der Waals surface area contributed by atoms with Crippen molar-refractivity contribution in [1.29, 1.82) is 0 Å². The summed E-state index contributed by atoms with van der Waals surface area (Å²) in [6.07, 6.45) is 7.10. The summed E-state index contributed by atoms with van der Waals surface area (Å²) in [5, 5.41) is 5.51. The Bertz CT molecular complexity index is 1240. The molecule has 5 aliphatic rings. The highest BCUT2D eigenvalue weighted by Gasteiger charge is 2.67. The lowest BCUT2D eigenvalue weighted by Crippen LogP contribution is -2.40. The zero-order valence-electron chi connectivity index (χ0n) is 19.5. The van der Waals surface area contributed by atoms with E-state index in [1.807, 2.05) is 32.0 Å². The van der Waals surface area contributed by atoms with E-state index in [9.17, 15) is 14.4 Å². The number of ether oxygens (including phenoxy) is 1. The number of aryl methyl sites for hydroxylation is 1. The Morgan fingerprint density at radius 2 is 1.68 bits per heavy atom. The lowest BCUT2D eigenvalue weighted by atomic mass is 9.63. The van der Waals surface area contributed by atoms with E-state index in [0.29, 0.717) is 24.0 Å². The number of hydrogen-bond donors (Lipinski definition) is 0. The van der Waals surface area contributed by atoms with Gasteiger partial charge in [-0.2, -0.15) is 10.1 Å². The van der Waals surface area contributed by atoms with Crippen molar-refractivity contribution in [3.63, 3.8) is 0 Å². The molecule has 0 unspecified atom stereocenters. The summed E-state index contributed by atoms with van der Waals surface area (Å²) in [6.45, 7) is 6.07. The van der Waals surface area contributed by atoms with Crippen molar-refractivity contribution in [2.75, 3.05) is 6.61 Å². The van der Waals surface area contributed by atoms with E-state index in [1.54, 1.807) is 25.3 Å². The SMILES string of the molecule is CCOC(=O)c1ccc(-n2c(C)cc(/C=N\N3C(=O)[C@@H]4[C@H]5C=C[C@@H]([C@@H]6C[C@H]56)[C@H]4C3=O)c2C)cc1. The first-order chi connectivity index (χ1) is 16.4. The number of hydrazone groups is 1. The Morgan fingerprint density at radius 3 is 2.26 bits per heavy atom. The molecule has 174 valence electrons. The van der Waals surface area contributed by atoms with Crippen molar-refractivity contribution >= 4 is 24.0 Å². The molecular weight excluding hydrogens is 430 g/mol. The molecular formula is C27H27N3O4. The van der Waals surface area contributed by atoms with Gasteiger partial charge in [-0.05, 0) is 81.2 Å². The molecule has 0 N–H and O–H groups in total. The second-order valence-corrected chi connectivity index (χ2v) is 9.82. The fourth-order valence-corrected chi connectivity index (χ4v) is 6.45. The third-order valence-corrected chi connectivity index (χ3v) is 8.06. The summed E-state index contributed by atoms with van der Waals surface area (Å²) in [7, 11) is 0. The summed E-state index contributed by atoms with van der Waals surface area (Å²) in [4.78, 5) is 38.2. The number of benzene rings is 1. The quantitative estimate of drug-likeness (QED) is 0.297. The number of imide groups is 1. The number of aromatic nitrogens is 1. The van der Waals surface area contributed by atoms with Crippen LogP contribution in [0.25, 0.3) is 5.69 Å². The molecule has 1 saturated heterocycles. The van der Waals surface area contributed by atoms with Crippen molar-refractivity contribution in [2.24, 2.45) is 40.6 Å². The van der Waals surface area contributed by atoms with Crippen LogP contribution in [0.3, 0.4) is 0 Å². The van der Waals surface area contributed by atoms with Crippen LogP contribution in [0.1, 0.15) is 40.7 Å². The number of carbonyl (C=O) groups excluding carboxylic acids is 3. The van der Waals surface area contributed by atoms with Crippen molar-refractivity contribution < 1.29 is 19.1 Å². The zero-order chi connectivity index (χ0) is 23.7. The fraction of sp³-hybridized carbons (Fsp3) is 0.407. The Hall–Kier alpha value is -3.48. The molecule has 1 aromatic carbocycles. The van der Waals surface area contributed by atoms with Crippen LogP contribution in [0, 0.1) is 49.4 Å². The van der Waals surface area contributed by atoms with E-state index >= 15 is 0 Å². The van der Waals surface area contributed by atoms with Crippen molar-refractivity contribution in [2.45, 2.75) is 27.2 Å². The largest absolute Gasteiger partial charge is 0.462 e. The van der Waals surface area contributed by atoms with Gasteiger partial charge < -0.3 is 9.30 Å². The number of rotatable bonds is 5. The Kier molecular flexibility index (Phi) is 4.66. The van der Waals surface area contributed by atoms with E-state index in [0.717, 1.165) is 34.1 Å². The highest BCUT2D eigenvalue weighted by Crippen LogP contribution is 2.65. The van der Waals surface area contributed by atoms with Gasteiger partial charge in [0.2, 0.25) is 0 Å². The number of allylic oxidation sites excluding steroid dienone is 2. The molecule has 2 bridgehead atoms. The van der Waals surface area contributed by atoms with Crippen LogP contribution < -0.4 is 0 Å². The highest BCUT2D eigenvalue weighted by atomic mass is 16.5. The molecule has 0 radical (unpaired) electrons. The average molecular weight is 458 g/mol. The Labute approximate surface area is 198 Å². The lowest BCUT2D eigenvalue weighted by Gasteiger charge is -2.37. The smallest absolute Gasteiger partial charge is 0.338 e. The number of hydrogen-bond acceptors (Lipinski definition) is 5. The second kappa shape index (κ2) is 7.52. The maximum atomic E-state index is 13.2. The number of nitrogens with zero attached hydrogens (tertiary/aromatic N) is 3. The van der Waals surface area contributed by atoms with Crippen LogP contribution in [0.4, 0.5) is 0 Å². The standard InChI is InChI=1S/C27H27N3O4/c1-4-34-27(33)16-5-7-18(8-6-16)29-14(2)11-17(15(29)3)13-28-30-25(31)23-19-9-10-20(22-12-21(19)22)24(23)26(30)32/h5-11,13,19-24H,4,12H2,1-3H3/b28-13-/t19-,20-,21-,22+,23+,24+/m0/s1. The Morgan fingerprint density at radius 1 is 1.06 bits per heavy atom. The molecule has 7 nitrogen and oxygen atoms in total. The van der Waals surface area contributed by atoms with Gasteiger partial charge in [0.05, 0.1) is 30.2 Å². The summed E-state index contributed by atoms with van der Waals surface area (Å²) in [5.74, 6) is 0.404. The monoisotopic (exact) mass is 457 g/mol. The molecule has 7 heteroatoms. The third-order valence-electron chi connectivity index (χ3n) is 8.06. The molecule has 6 atom stereocenters. The van der Waals surface area contributed by atoms with Gasteiger partial charge in [-0.1, -0.05) is 12.2 Å². The first-order valence-corrected chi connectivity index (χ1v) is 12.0. The maximum Gasteiger partial charge on any atom is 0.338 e. The van der Waals surface area contributed by atoms with Gasteiger partial charge >= 0.3 is 5.97 Å². The van der Waals surface area contributed by atoms with Gasteiger partial charge in [-0.15, -0.1) is 0 Å². The molecule has 2 aromatic rings. The van der Waals surface area contributed by atoms with Gasteiger partial charge in [0, 0.05) is 22.6 Å². The fourth-order valence-electron chi connectivity index (χ4n) is 6.45. The first kappa shape index (κ1) is 21.1. The zero-order valence-corrected chi connectivity index (χ0v) is 19.5. The van der Waals surface area contributed by atoms with E-state index in [-0.39, 0.29) is 41.5 Å². The summed E-state index contributed by atoms with van der Waals surface area (Å²) in [6, 6.07) is 9.22. The van der Waals surface area contributed by atoms with Crippen LogP contribution in [0.15, 0.2) is 47.6 Å². The normalized spacial score (nSPS) is 30.7. The van der Waals surface area contributed by atoms with Crippen LogP contribution in [-0.4, -0.2) is 40.2 Å². The van der Waals surface area contributed by atoms with E-state index in [4.69, 9.17) is 4.74 Å². The number of carbonyl (C=O) groups is 3. The predicted octanol–water partition coefficient (Wildman–Crippen LogP) is 3.66. The summed E-state index contributed by atoms with van der Waals surface area (Å²) in [5.41, 5.74) is 4.17. The maximum absolute atomic E-state index is 13.2. The highest BCUT2D eigenvalue weighted by molar-refractivity contribution is 6.06. The molecule has 1 aliphatic heterocycles. The van der Waals surface area contributed by atoms with Gasteiger partial charge in [0.25, 0.3) is 11.8 Å². The predicted molar refractivity (Wildman–Crippen MR) is 125 cm³/mol. The average Bonchev–Trinajstić information content (AvgIpc) is 3.56. The van der Waals surface area contributed by atoms with Crippen LogP contribution in [0.2, 0.25) is 0 Å². The van der Waals surface area contributed by atoms with Crippen molar-refractivity contribution in [1.82, 2.24) is 9.58 Å². The van der Waals surface area contributed by atoms with Gasteiger partial charge in [-0.25, -0.2) is 4.79 Å².